The normalized spacial score (nSPS) is 25.8. The van der Waals surface area contributed by atoms with E-state index in [2.05, 4.69) is 6.92 Å². The van der Waals surface area contributed by atoms with E-state index in [0.717, 1.165) is 36.2 Å². The number of unbranched alkanes of at least 4 members (excludes halogenated alkanes) is 3. The second-order valence-corrected chi connectivity index (χ2v) is 14.8. The SMILES string of the molecule is CCCCC[SiH]1CCC([C@H]2CC[C@H](CCCCc3ccc(OCCCCl)c(F)c3)CC2)CC1. The third-order valence-corrected chi connectivity index (χ3v) is 12.3. The molecule has 0 bridgehead atoms. The van der Waals surface area contributed by atoms with Crippen LogP contribution in [0.25, 0.3) is 0 Å². The summed E-state index contributed by atoms with van der Waals surface area (Å²) in [6, 6.07) is 10.4. The first-order valence-electron chi connectivity index (χ1n) is 14.2. The molecule has 0 N–H and O–H groups in total. The molecule has 0 aromatic heterocycles. The average Bonchev–Trinajstić information content (AvgIpc) is 2.84. The molecule has 1 aliphatic carbocycles. The molecule has 0 spiro atoms. The molecule has 1 heterocycles. The summed E-state index contributed by atoms with van der Waals surface area (Å²) in [5.74, 6) is 3.71. The monoisotopic (exact) mass is 494 g/mol. The maximum atomic E-state index is 14.2. The molecule has 0 amide bonds. The smallest absolute Gasteiger partial charge is 0.165 e. The first-order chi connectivity index (χ1) is 16.2. The highest BCUT2D eigenvalue weighted by atomic mass is 35.5. The minimum Gasteiger partial charge on any atom is -0.490 e. The number of aryl methyl sites for hydroxylation is 1. The van der Waals surface area contributed by atoms with Gasteiger partial charge in [0, 0.05) is 14.7 Å². The molecule has 2 aliphatic rings. The van der Waals surface area contributed by atoms with Crippen molar-refractivity contribution in [3.8, 4) is 5.75 Å². The van der Waals surface area contributed by atoms with Crippen molar-refractivity contribution < 1.29 is 9.13 Å². The Bertz CT molecular complexity index is 653. The fourth-order valence-electron chi connectivity index (χ4n) is 6.40. The zero-order chi connectivity index (χ0) is 23.3. The van der Waals surface area contributed by atoms with Crippen LogP contribution in [0.15, 0.2) is 18.2 Å². The predicted octanol–water partition coefficient (Wildman–Crippen LogP) is 9.18. The summed E-state index contributed by atoms with van der Waals surface area (Å²) in [5.41, 5.74) is 1.09. The van der Waals surface area contributed by atoms with Crippen LogP contribution in [0.5, 0.6) is 5.75 Å². The highest BCUT2D eigenvalue weighted by Crippen LogP contribution is 2.42. The summed E-state index contributed by atoms with van der Waals surface area (Å²) in [6.07, 6.45) is 18.9. The molecule has 4 heteroatoms. The van der Waals surface area contributed by atoms with Gasteiger partial charge in [-0.25, -0.2) is 4.39 Å². The molecule has 3 rings (SSSR count). The summed E-state index contributed by atoms with van der Waals surface area (Å²) < 4.78 is 19.7. The number of halogens is 2. The van der Waals surface area contributed by atoms with Gasteiger partial charge in [-0.1, -0.05) is 88.9 Å². The van der Waals surface area contributed by atoms with E-state index in [1.165, 1.54) is 64.2 Å². The highest BCUT2D eigenvalue weighted by molar-refractivity contribution is 6.58. The zero-order valence-electron chi connectivity index (χ0n) is 21.1. The Hall–Kier alpha value is -0.543. The topological polar surface area (TPSA) is 9.23 Å². The van der Waals surface area contributed by atoms with Crippen molar-refractivity contribution in [1.82, 2.24) is 0 Å². The lowest BCUT2D eigenvalue weighted by molar-refractivity contribution is 0.184. The fourth-order valence-corrected chi connectivity index (χ4v) is 10.0. The molecular formula is C29H48ClFOSi. The minimum absolute atomic E-state index is 0.238. The first-order valence-corrected chi connectivity index (χ1v) is 17.1. The molecule has 1 nitrogen and oxygen atoms in total. The van der Waals surface area contributed by atoms with E-state index in [-0.39, 0.29) is 14.6 Å². The van der Waals surface area contributed by atoms with Crippen molar-refractivity contribution in [2.75, 3.05) is 12.5 Å². The second kappa shape index (κ2) is 15.5. The molecular weight excluding hydrogens is 447 g/mol. The molecule has 1 aliphatic heterocycles. The molecule has 0 radical (unpaired) electrons. The number of hydrogen-bond acceptors (Lipinski definition) is 1. The Morgan fingerprint density at radius 2 is 1.70 bits per heavy atom. The van der Waals surface area contributed by atoms with Crippen LogP contribution in [0.2, 0.25) is 18.1 Å². The zero-order valence-corrected chi connectivity index (χ0v) is 23.1. The molecule has 33 heavy (non-hydrogen) atoms. The molecule has 1 saturated heterocycles. The Kier molecular flexibility index (Phi) is 12.7. The van der Waals surface area contributed by atoms with Crippen molar-refractivity contribution >= 4 is 20.4 Å². The summed E-state index contributed by atoms with van der Waals surface area (Å²) in [4.78, 5) is 0. The average molecular weight is 495 g/mol. The van der Waals surface area contributed by atoms with Gasteiger partial charge in [0.05, 0.1) is 6.61 Å². The van der Waals surface area contributed by atoms with Crippen LogP contribution in [0, 0.1) is 23.6 Å². The second-order valence-electron chi connectivity index (χ2n) is 11.0. The Morgan fingerprint density at radius 1 is 0.939 bits per heavy atom. The van der Waals surface area contributed by atoms with Gasteiger partial charge in [-0.3, -0.25) is 0 Å². The largest absolute Gasteiger partial charge is 0.490 e. The van der Waals surface area contributed by atoms with E-state index in [9.17, 15) is 4.39 Å². The molecule has 188 valence electrons. The summed E-state index contributed by atoms with van der Waals surface area (Å²) in [6.45, 7) is 2.81. The van der Waals surface area contributed by atoms with Crippen LogP contribution in [0.3, 0.4) is 0 Å². The summed E-state index contributed by atoms with van der Waals surface area (Å²) in [7, 11) is -0.357. The highest BCUT2D eigenvalue weighted by Gasteiger charge is 2.30. The lowest BCUT2D eigenvalue weighted by Crippen LogP contribution is -2.28. The van der Waals surface area contributed by atoms with Crippen LogP contribution in [-0.4, -0.2) is 21.3 Å². The molecule has 0 unspecified atom stereocenters. The van der Waals surface area contributed by atoms with Gasteiger partial charge in [0.1, 0.15) is 0 Å². The van der Waals surface area contributed by atoms with E-state index in [1.807, 2.05) is 6.07 Å². The van der Waals surface area contributed by atoms with Crippen molar-refractivity contribution in [3.63, 3.8) is 0 Å². The fraction of sp³-hybridized carbons (Fsp3) is 0.793. The van der Waals surface area contributed by atoms with Gasteiger partial charge < -0.3 is 4.74 Å². The summed E-state index contributed by atoms with van der Waals surface area (Å²) >= 11 is 5.65. The lowest BCUT2D eigenvalue weighted by atomic mass is 9.73. The first kappa shape index (κ1) is 27.1. The maximum absolute atomic E-state index is 14.2. The van der Waals surface area contributed by atoms with E-state index >= 15 is 0 Å². The minimum atomic E-state index is -0.357. The third-order valence-electron chi connectivity index (χ3n) is 8.53. The van der Waals surface area contributed by atoms with Crippen LogP contribution < -0.4 is 4.74 Å². The molecule has 1 saturated carbocycles. The van der Waals surface area contributed by atoms with Gasteiger partial charge in [0.15, 0.2) is 11.6 Å². The van der Waals surface area contributed by atoms with E-state index in [1.54, 1.807) is 43.1 Å². The van der Waals surface area contributed by atoms with Gasteiger partial charge >= 0.3 is 0 Å². The number of benzene rings is 1. The van der Waals surface area contributed by atoms with Crippen molar-refractivity contribution in [2.24, 2.45) is 17.8 Å². The Labute approximate surface area is 209 Å². The van der Waals surface area contributed by atoms with E-state index < -0.39 is 0 Å². The van der Waals surface area contributed by atoms with Crippen molar-refractivity contribution in [3.05, 3.63) is 29.6 Å². The Morgan fingerprint density at radius 3 is 2.39 bits per heavy atom. The van der Waals surface area contributed by atoms with E-state index in [0.29, 0.717) is 18.2 Å². The maximum Gasteiger partial charge on any atom is 0.165 e. The van der Waals surface area contributed by atoms with Gasteiger partial charge in [-0.2, -0.15) is 0 Å². The van der Waals surface area contributed by atoms with E-state index in [4.69, 9.17) is 16.3 Å². The van der Waals surface area contributed by atoms with Crippen molar-refractivity contribution in [1.29, 1.82) is 0 Å². The summed E-state index contributed by atoms with van der Waals surface area (Å²) in [5, 5.41) is 0. The lowest BCUT2D eigenvalue weighted by Gasteiger charge is -2.37. The standard InChI is InChI=1S/C29H48ClFOSi/c1-2-3-6-20-33-21-16-27(17-22-33)26-13-10-24(11-14-26)8-4-5-9-25-12-15-29(28(31)23-25)32-19-7-18-30/h12,15,23-24,26-27,33H,2-11,13-14,16-22H2,1H3/t24-,26-,27?,33?. The molecule has 1 aromatic carbocycles. The van der Waals surface area contributed by atoms with Crippen LogP contribution in [0.1, 0.15) is 96.0 Å². The molecule has 0 atom stereocenters. The van der Waals surface area contributed by atoms with Gasteiger partial charge in [0.25, 0.3) is 0 Å². The van der Waals surface area contributed by atoms with Gasteiger partial charge in [-0.05, 0) is 67.6 Å². The third kappa shape index (κ3) is 9.55. The molecule has 1 aromatic rings. The Balaban J connectivity index is 1.26. The number of hydrogen-bond donors (Lipinski definition) is 0. The quantitative estimate of drug-likeness (QED) is 0.142. The van der Waals surface area contributed by atoms with Gasteiger partial charge in [-0.15, -0.1) is 11.6 Å². The van der Waals surface area contributed by atoms with Crippen LogP contribution >= 0.6 is 11.6 Å². The molecule has 2 fully saturated rings. The number of rotatable bonds is 14. The van der Waals surface area contributed by atoms with Crippen LogP contribution in [0.4, 0.5) is 4.39 Å². The van der Waals surface area contributed by atoms with Gasteiger partial charge in [0.2, 0.25) is 0 Å². The van der Waals surface area contributed by atoms with Crippen molar-refractivity contribution in [2.45, 2.75) is 115 Å². The predicted molar refractivity (Wildman–Crippen MR) is 144 cm³/mol. The number of alkyl halides is 1. The van der Waals surface area contributed by atoms with Crippen LogP contribution in [-0.2, 0) is 6.42 Å². The number of ether oxygens (including phenoxy) is 1.